The highest BCUT2D eigenvalue weighted by molar-refractivity contribution is 5.98. The number of hydrogen-bond acceptors (Lipinski definition) is 4. The summed E-state index contributed by atoms with van der Waals surface area (Å²) in [4.78, 5) is 24.3. The molecule has 3 N–H and O–H groups in total. The molecule has 160 valence electrons. The van der Waals surface area contributed by atoms with Crippen LogP contribution in [0.25, 0.3) is 0 Å². The van der Waals surface area contributed by atoms with Crippen LogP contribution in [-0.2, 0) is 22.6 Å². The van der Waals surface area contributed by atoms with Gasteiger partial charge in [-0.25, -0.2) is 4.79 Å². The second-order valence-electron chi connectivity index (χ2n) is 7.80. The number of anilines is 1. The van der Waals surface area contributed by atoms with Crippen LogP contribution >= 0.6 is 0 Å². The van der Waals surface area contributed by atoms with Crippen LogP contribution in [0.2, 0.25) is 0 Å². The Morgan fingerprint density at radius 1 is 1.03 bits per heavy atom. The van der Waals surface area contributed by atoms with Gasteiger partial charge in [0.1, 0.15) is 6.04 Å². The number of ether oxygens (including phenoxy) is 1. The Morgan fingerprint density at radius 3 is 2.53 bits per heavy atom. The fraction of sp³-hybridized carbons (Fsp3) is 0.417. The highest BCUT2D eigenvalue weighted by Gasteiger charge is 2.20. The fourth-order valence-electron chi connectivity index (χ4n) is 3.60. The molecule has 1 atom stereocenters. The van der Waals surface area contributed by atoms with Gasteiger partial charge in [-0.05, 0) is 49.4 Å². The van der Waals surface area contributed by atoms with Crippen LogP contribution in [0.3, 0.4) is 0 Å². The zero-order valence-corrected chi connectivity index (χ0v) is 17.5. The Kier molecular flexibility index (Phi) is 8.27. The maximum absolute atomic E-state index is 12.3. The summed E-state index contributed by atoms with van der Waals surface area (Å²) in [7, 11) is 0. The first kappa shape index (κ1) is 21.8. The normalized spacial score (nSPS) is 14.8. The molecule has 2 aromatic carbocycles. The molecule has 1 saturated carbocycles. The lowest BCUT2D eigenvalue weighted by molar-refractivity contribution is -0.120. The van der Waals surface area contributed by atoms with E-state index in [1.54, 1.807) is 6.92 Å². The van der Waals surface area contributed by atoms with Crippen molar-refractivity contribution in [3.63, 3.8) is 0 Å². The van der Waals surface area contributed by atoms with Gasteiger partial charge in [0.25, 0.3) is 0 Å². The molecule has 1 unspecified atom stereocenters. The maximum Gasteiger partial charge on any atom is 0.321 e. The van der Waals surface area contributed by atoms with Gasteiger partial charge in [0.15, 0.2) is 0 Å². The number of rotatable bonds is 9. The van der Waals surface area contributed by atoms with E-state index >= 15 is 0 Å². The van der Waals surface area contributed by atoms with Crippen molar-refractivity contribution in [3.05, 3.63) is 65.7 Å². The molecule has 0 radical (unpaired) electrons. The van der Waals surface area contributed by atoms with Crippen molar-refractivity contribution in [2.45, 2.75) is 57.7 Å². The largest absolute Gasteiger partial charge is 0.376 e. The van der Waals surface area contributed by atoms with Crippen molar-refractivity contribution in [3.8, 4) is 0 Å². The quantitative estimate of drug-likeness (QED) is 0.547. The standard InChI is InChI=1S/C24H31N3O3/c1-18(23(28)27-24(29)26-21-11-5-6-12-21)25-22-13-7-10-20(16-22)17-30-15-14-19-8-3-2-4-9-19/h2-4,7-10,13,16,18,21,25H,5-6,11-12,14-15,17H2,1H3,(H2,26,27,28,29). The zero-order valence-electron chi connectivity index (χ0n) is 17.5. The van der Waals surface area contributed by atoms with Crippen molar-refractivity contribution < 1.29 is 14.3 Å². The average Bonchev–Trinajstić information content (AvgIpc) is 3.25. The molecule has 1 aliphatic carbocycles. The molecule has 0 saturated heterocycles. The van der Waals surface area contributed by atoms with Gasteiger partial charge in [-0.15, -0.1) is 0 Å². The molecule has 0 spiro atoms. The van der Waals surface area contributed by atoms with Crippen molar-refractivity contribution >= 4 is 17.6 Å². The van der Waals surface area contributed by atoms with Gasteiger partial charge in [-0.1, -0.05) is 55.3 Å². The van der Waals surface area contributed by atoms with Crippen LogP contribution in [0.4, 0.5) is 10.5 Å². The topological polar surface area (TPSA) is 79.5 Å². The van der Waals surface area contributed by atoms with Crippen LogP contribution in [-0.4, -0.2) is 30.6 Å². The lowest BCUT2D eigenvalue weighted by atomic mass is 10.1. The van der Waals surface area contributed by atoms with E-state index in [2.05, 4.69) is 28.1 Å². The van der Waals surface area contributed by atoms with E-state index in [0.717, 1.165) is 43.4 Å². The van der Waals surface area contributed by atoms with Gasteiger partial charge in [-0.3, -0.25) is 10.1 Å². The molecule has 3 amide bonds. The fourth-order valence-corrected chi connectivity index (χ4v) is 3.60. The molecular formula is C24H31N3O3. The first-order chi connectivity index (χ1) is 14.6. The number of nitrogens with one attached hydrogen (secondary N) is 3. The lowest BCUT2D eigenvalue weighted by Gasteiger charge is -2.17. The molecule has 0 heterocycles. The van der Waals surface area contributed by atoms with E-state index in [9.17, 15) is 9.59 Å². The SMILES string of the molecule is CC(Nc1cccc(COCCc2ccccc2)c1)C(=O)NC(=O)NC1CCCC1. The number of carbonyl (C=O) groups excluding carboxylic acids is 2. The predicted molar refractivity (Wildman–Crippen MR) is 118 cm³/mol. The number of hydrogen-bond donors (Lipinski definition) is 3. The second kappa shape index (κ2) is 11.4. The molecular weight excluding hydrogens is 378 g/mol. The summed E-state index contributed by atoms with van der Waals surface area (Å²) in [5, 5.41) is 8.44. The smallest absolute Gasteiger partial charge is 0.321 e. The maximum atomic E-state index is 12.3. The van der Waals surface area contributed by atoms with Crippen molar-refractivity contribution in [1.29, 1.82) is 0 Å². The van der Waals surface area contributed by atoms with Crippen LogP contribution < -0.4 is 16.0 Å². The molecule has 1 aliphatic rings. The predicted octanol–water partition coefficient (Wildman–Crippen LogP) is 4.01. The minimum Gasteiger partial charge on any atom is -0.376 e. The Hall–Kier alpha value is -2.86. The number of amides is 3. The summed E-state index contributed by atoms with van der Waals surface area (Å²) in [6, 6.07) is 17.3. The third-order valence-corrected chi connectivity index (χ3v) is 5.28. The van der Waals surface area contributed by atoms with E-state index in [4.69, 9.17) is 4.74 Å². The Bertz CT molecular complexity index is 819. The summed E-state index contributed by atoms with van der Waals surface area (Å²) < 4.78 is 5.79. The molecule has 30 heavy (non-hydrogen) atoms. The van der Waals surface area contributed by atoms with E-state index in [1.807, 2.05) is 42.5 Å². The minimum absolute atomic E-state index is 0.180. The Labute approximate surface area is 178 Å². The summed E-state index contributed by atoms with van der Waals surface area (Å²) in [6.45, 7) is 2.89. The van der Waals surface area contributed by atoms with Gasteiger partial charge in [0.2, 0.25) is 5.91 Å². The monoisotopic (exact) mass is 409 g/mol. The lowest BCUT2D eigenvalue weighted by Crippen LogP contribution is -2.48. The van der Waals surface area contributed by atoms with Crippen molar-refractivity contribution in [2.75, 3.05) is 11.9 Å². The summed E-state index contributed by atoms with van der Waals surface area (Å²) in [6.07, 6.45) is 5.09. The molecule has 0 aromatic heterocycles. The Morgan fingerprint density at radius 2 is 1.77 bits per heavy atom. The van der Waals surface area contributed by atoms with Gasteiger partial charge in [-0.2, -0.15) is 0 Å². The minimum atomic E-state index is -0.534. The molecule has 0 aliphatic heterocycles. The first-order valence-corrected chi connectivity index (χ1v) is 10.7. The Balaban J connectivity index is 1.40. The van der Waals surface area contributed by atoms with Crippen LogP contribution in [0.15, 0.2) is 54.6 Å². The van der Waals surface area contributed by atoms with Gasteiger partial charge in [0.05, 0.1) is 13.2 Å². The van der Waals surface area contributed by atoms with E-state index in [-0.39, 0.29) is 11.9 Å². The van der Waals surface area contributed by atoms with Crippen LogP contribution in [0, 0.1) is 0 Å². The van der Waals surface area contributed by atoms with Gasteiger partial charge in [0, 0.05) is 11.7 Å². The molecule has 0 bridgehead atoms. The zero-order chi connectivity index (χ0) is 21.2. The van der Waals surface area contributed by atoms with Crippen molar-refractivity contribution in [2.24, 2.45) is 0 Å². The number of benzene rings is 2. The number of urea groups is 1. The molecule has 2 aromatic rings. The van der Waals surface area contributed by atoms with Crippen LogP contribution in [0.5, 0.6) is 0 Å². The highest BCUT2D eigenvalue weighted by Crippen LogP contribution is 2.17. The number of carbonyl (C=O) groups is 2. The third kappa shape index (κ3) is 7.19. The van der Waals surface area contributed by atoms with Gasteiger partial charge < -0.3 is 15.4 Å². The summed E-state index contributed by atoms with van der Waals surface area (Å²) in [5.41, 5.74) is 3.10. The molecule has 6 nitrogen and oxygen atoms in total. The van der Waals surface area contributed by atoms with Crippen molar-refractivity contribution in [1.82, 2.24) is 10.6 Å². The number of imide groups is 1. The first-order valence-electron chi connectivity index (χ1n) is 10.7. The molecule has 6 heteroatoms. The highest BCUT2D eigenvalue weighted by atomic mass is 16.5. The van der Waals surface area contributed by atoms with E-state index in [0.29, 0.717) is 13.2 Å². The summed E-state index contributed by atoms with van der Waals surface area (Å²) in [5.74, 6) is -0.352. The molecule has 1 fully saturated rings. The molecule has 3 rings (SSSR count). The summed E-state index contributed by atoms with van der Waals surface area (Å²) >= 11 is 0. The average molecular weight is 410 g/mol. The second-order valence-corrected chi connectivity index (χ2v) is 7.80. The van der Waals surface area contributed by atoms with Crippen LogP contribution in [0.1, 0.15) is 43.7 Å². The van der Waals surface area contributed by atoms with E-state index in [1.165, 1.54) is 5.56 Å². The van der Waals surface area contributed by atoms with E-state index < -0.39 is 12.1 Å². The third-order valence-electron chi connectivity index (χ3n) is 5.28. The van der Waals surface area contributed by atoms with Gasteiger partial charge >= 0.3 is 6.03 Å².